The molecule has 0 amide bonds. The molecule has 0 saturated heterocycles. The summed E-state index contributed by atoms with van der Waals surface area (Å²) in [5.74, 6) is -0.189. The van der Waals surface area contributed by atoms with Crippen LogP contribution in [0.4, 0.5) is 4.39 Å². The molecule has 2 aromatic rings. The number of hydrogen-bond acceptors (Lipinski definition) is 2. The van der Waals surface area contributed by atoms with Crippen LogP contribution in [-0.4, -0.2) is 7.05 Å². The molecule has 1 aromatic heterocycles. The van der Waals surface area contributed by atoms with Crippen molar-refractivity contribution in [2.45, 2.75) is 19.4 Å². The second kappa shape index (κ2) is 5.83. The van der Waals surface area contributed by atoms with Gasteiger partial charge in [-0.05, 0) is 55.1 Å². The molecule has 1 atom stereocenters. The molecule has 0 aliphatic heterocycles. The third kappa shape index (κ3) is 2.91. The Morgan fingerprint density at radius 3 is 2.72 bits per heavy atom. The van der Waals surface area contributed by atoms with E-state index in [4.69, 9.17) is 11.6 Å². The zero-order valence-electron chi connectivity index (χ0n) is 10.3. The highest BCUT2D eigenvalue weighted by Crippen LogP contribution is 2.31. The van der Waals surface area contributed by atoms with Gasteiger partial charge in [-0.25, -0.2) is 4.39 Å². The van der Waals surface area contributed by atoms with Crippen molar-refractivity contribution in [3.8, 4) is 0 Å². The number of aryl methyl sites for hydroxylation is 1. The monoisotopic (exact) mass is 283 g/mol. The summed E-state index contributed by atoms with van der Waals surface area (Å²) in [5, 5.41) is 6.04. The molecule has 96 valence electrons. The van der Waals surface area contributed by atoms with Gasteiger partial charge in [0.2, 0.25) is 0 Å². The summed E-state index contributed by atoms with van der Waals surface area (Å²) >= 11 is 7.80. The molecule has 1 nitrogen and oxygen atoms in total. The van der Waals surface area contributed by atoms with Crippen LogP contribution < -0.4 is 5.32 Å². The molecule has 1 N–H and O–H groups in total. The standard InChI is InChI=1S/C14H15ClFNS/c1-9-7-11(16)4-3-10(9)8-13(17-2)14-12(15)5-6-18-14/h3-7,13,17H,8H2,1-2H3. The van der Waals surface area contributed by atoms with Crippen LogP contribution in [0.15, 0.2) is 29.6 Å². The first-order chi connectivity index (χ1) is 8.61. The van der Waals surface area contributed by atoms with Crippen molar-refractivity contribution in [3.63, 3.8) is 0 Å². The summed E-state index contributed by atoms with van der Waals surface area (Å²) in [5.41, 5.74) is 2.11. The van der Waals surface area contributed by atoms with Gasteiger partial charge in [0.05, 0.1) is 5.02 Å². The van der Waals surface area contributed by atoms with E-state index in [0.29, 0.717) is 0 Å². The van der Waals surface area contributed by atoms with Crippen LogP contribution in [-0.2, 0) is 6.42 Å². The summed E-state index contributed by atoms with van der Waals surface area (Å²) in [6.45, 7) is 1.93. The van der Waals surface area contributed by atoms with Crippen LogP contribution in [0.25, 0.3) is 0 Å². The Labute approximate surface area is 116 Å². The topological polar surface area (TPSA) is 12.0 Å². The molecule has 0 saturated carbocycles. The van der Waals surface area contributed by atoms with Gasteiger partial charge in [-0.3, -0.25) is 0 Å². The van der Waals surface area contributed by atoms with E-state index in [-0.39, 0.29) is 11.9 Å². The molecule has 0 aliphatic rings. The van der Waals surface area contributed by atoms with Gasteiger partial charge in [0.1, 0.15) is 5.82 Å². The molecule has 2 rings (SSSR count). The minimum Gasteiger partial charge on any atom is -0.312 e. The predicted molar refractivity (Wildman–Crippen MR) is 76.0 cm³/mol. The molecule has 1 heterocycles. The Hall–Kier alpha value is -0.900. The number of thiophene rings is 1. The third-order valence-electron chi connectivity index (χ3n) is 3.04. The molecule has 0 radical (unpaired) electrons. The van der Waals surface area contributed by atoms with Crippen LogP contribution in [0.2, 0.25) is 5.02 Å². The number of hydrogen-bond donors (Lipinski definition) is 1. The van der Waals surface area contributed by atoms with Gasteiger partial charge in [0, 0.05) is 10.9 Å². The van der Waals surface area contributed by atoms with Crippen LogP contribution in [0, 0.1) is 12.7 Å². The van der Waals surface area contributed by atoms with Gasteiger partial charge >= 0.3 is 0 Å². The van der Waals surface area contributed by atoms with Gasteiger partial charge in [-0.2, -0.15) is 0 Å². The molecule has 0 spiro atoms. The van der Waals surface area contributed by atoms with E-state index in [2.05, 4.69) is 5.32 Å². The van der Waals surface area contributed by atoms with Gasteiger partial charge in [-0.1, -0.05) is 17.7 Å². The van der Waals surface area contributed by atoms with E-state index in [1.807, 2.05) is 31.5 Å². The van der Waals surface area contributed by atoms with Gasteiger partial charge < -0.3 is 5.32 Å². The molecule has 0 bridgehead atoms. The maximum absolute atomic E-state index is 13.1. The van der Waals surface area contributed by atoms with E-state index in [0.717, 1.165) is 27.4 Å². The van der Waals surface area contributed by atoms with Gasteiger partial charge in [0.25, 0.3) is 0 Å². The van der Waals surface area contributed by atoms with Crippen LogP contribution in [0.5, 0.6) is 0 Å². The summed E-state index contributed by atoms with van der Waals surface area (Å²) in [6, 6.07) is 6.99. The Balaban J connectivity index is 2.23. The third-order valence-corrected chi connectivity index (χ3v) is 4.51. The lowest BCUT2D eigenvalue weighted by Crippen LogP contribution is -2.18. The lowest BCUT2D eigenvalue weighted by atomic mass is 10.00. The Bertz CT molecular complexity index is 538. The molecular formula is C14H15ClFNS. The zero-order valence-corrected chi connectivity index (χ0v) is 11.9. The van der Waals surface area contributed by atoms with Crippen molar-refractivity contribution in [2.75, 3.05) is 7.05 Å². The molecule has 0 aliphatic carbocycles. The number of benzene rings is 1. The van der Waals surface area contributed by atoms with E-state index < -0.39 is 0 Å². The first-order valence-electron chi connectivity index (χ1n) is 5.77. The SMILES string of the molecule is CNC(Cc1ccc(F)cc1C)c1sccc1Cl. The van der Waals surface area contributed by atoms with Crippen LogP contribution in [0.1, 0.15) is 22.0 Å². The smallest absolute Gasteiger partial charge is 0.123 e. The lowest BCUT2D eigenvalue weighted by molar-refractivity contribution is 0.595. The number of likely N-dealkylation sites (N-methyl/N-ethyl adjacent to an activating group) is 1. The van der Waals surface area contributed by atoms with Crippen molar-refractivity contribution >= 4 is 22.9 Å². The Morgan fingerprint density at radius 1 is 1.39 bits per heavy atom. The average Bonchev–Trinajstić information content (AvgIpc) is 2.75. The Kier molecular flexibility index (Phi) is 4.38. The summed E-state index contributed by atoms with van der Waals surface area (Å²) in [4.78, 5) is 1.13. The zero-order chi connectivity index (χ0) is 13.1. The van der Waals surface area contributed by atoms with E-state index >= 15 is 0 Å². The maximum atomic E-state index is 13.1. The summed E-state index contributed by atoms with van der Waals surface area (Å²) < 4.78 is 13.1. The minimum absolute atomic E-state index is 0.168. The second-order valence-electron chi connectivity index (χ2n) is 4.25. The van der Waals surface area contributed by atoms with Crippen molar-refractivity contribution in [2.24, 2.45) is 0 Å². The highest BCUT2D eigenvalue weighted by atomic mass is 35.5. The van der Waals surface area contributed by atoms with Crippen molar-refractivity contribution in [1.82, 2.24) is 5.32 Å². The van der Waals surface area contributed by atoms with Crippen molar-refractivity contribution < 1.29 is 4.39 Å². The molecule has 0 fully saturated rings. The second-order valence-corrected chi connectivity index (χ2v) is 5.60. The molecule has 1 aromatic carbocycles. The maximum Gasteiger partial charge on any atom is 0.123 e. The Morgan fingerprint density at radius 2 is 2.17 bits per heavy atom. The van der Waals surface area contributed by atoms with Gasteiger partial charge in [0.15, 0.2) is 0 Å². The largest absolute Gasteiger partial charge is 0.312 e. The van der Waals surface area contributed by atoms with E-state index in [1.54, 1.807) is 17.4 Å². The normalized spacial score (nSPS) is 12.7. The number of nitrogens with one attached hydrogen (secondary N) is 1. The molecule has 4 heteroatoms. The van der Waals surface area contributed by atoms with Crippen molar-refractivity contribution in [3.05, 3.63) is 56.5 Å². The quantitative estimate of drug-likeness (QED) is 0.879. The fourth-order valence-electron chi connectivity index (χ4n) is 1.99. The van der Waals surface area contributed by atoms with Crippen LogP contribution in [0.3, 0.4) is 0 Å². The first kappa shape index (κ1) is 13.5. The predicted octanol–water partition coefficient (Wildman–Crippen LogP) is 4.35. The van der Waals surface area contributed by atoms with E-state index in [9.17, 15) is 4.39 Å². The fourth-order valence-corrected chi connectivity index (χ4v) is 3.29. The minimum atomic E-state index is -0.189. The highest BCUT2D eigenvalue weighted by Gasteiger charge is 2.16. The average molecular weight is 284 g/mol. The molecule has 1 unspecified atom stereocenters. The lowest BCUT2D eigenvalue weighted by Gasteiger charge is -2.16. The van der Waals surface area contributed by atoms with Crippen molar-refractivity contribution in [1.29, 1.82) is 0 Å². The number of halogens is 2. The van der Waals surface area contributed by atoms with Gasteiger partial charge in [-0.15, -0.1) is 11.3 Å². The van der Waals surface area contributed by atoms with E-state index in [1.165, 1.54) is 6.07 Å². The number of rotatable bonds is 4. The van der Waals surface area contributed by atoms with Crippen LogP contribution >= 0.6 is 22.9 Å². The highest BCUT2D eigenvalue weighted by molar-refractivity contribution is 7.10. The summed E-state index contributed by atoms with van der Waals surface area (Å²) in [7, 11) is 1.92. The first-order valence-corrected chi connectivity index (χ1v) is 7.02. The molecule has 18 heavy (non-hydrogen) atoms. The summed E-state index contributed by atoms with van der Waals surface area (Å²) in [6.07, 6.45) is 0.808. The molecular weight excluding hydrogens is 269 g/mol. The fraction of sp³-hybridized carbons (Fsp3) is 0.286.